The number of nitrogens with one attached hydrogen (secondary N) is 3. The zero-order chi connectivity index (χ0) is 23.4. The Bertz CT molecular complexity index is 608. The molecule has 1 rings (SSSR count). The highest BCUT2D eigenvalue weighted by molar-refractivity contribution is 7.80. The van der Waals surface area contributed by atoms with E-state index in [0.29, 0.717) is 36.7 Å². The molecule has 3 atom stereocenters. The van der Waals surface area contributed by atoms with Gasteiger partial charge in [0.2, 0.25) is 11.8 Å². The topological polar surface area (TPSA) is 117 Å². The van der Waals surface area contributed by atoms with E-state index >= 15 is 0 Å². The molecule has 0 bridgehead atoms. The first-order valence-electron chi connectivity index (χ1n) is 11.4. The number of carbonyl (C=O) groups is 3. The first-order chi connectivity index (χ1) is 14.6. The first kappa shape index (κ1) is 27.5. The number of hydrogen-bond donors (Lipinski definition) is 4. The normalized spacial score (nSPS) is 17.5. The van der Waals surface area contributed by atoms with E-state index in [1.165, 1.54) is 26.2 Å². The lowest BCUT2D eigenvalue weighted by atomic mass is 9.84. The van der Waals surface area contributed by atoms with Crippen LogP contribution < -0.4 is 21.7 Å². The predicted octanol–water partition coefficient (Wildman–Crippen LogP) is 1.12. The van der Waals surface area contributed by atoms with E-state index in [1.54, 1.807) is 0 Å². The molecule has 0 aromatic rings. The van der Waals surface area contributed by atoms with E-state index in [1.807, 2.05) is 25.9 Å². The van der Waals surface area contributed by atoms with Crippen molar-refractivity contribution in [1.29, 1.82) is 0 Å². The smallest absolute Gasteiger partial charge is 0.243 e. The molecule has 2 amide bonds. The summed E-state index contributed by atoms with van der Waals surface area (Å²) in [5.41, 5.74) is 5.68. The van der Waals surface area contributed by atoms with Crippen LogP contribution >= 0.6 is 12.2 Å². The van der Waals surface area contributed by atoms with Crippen LogP contribution in [-0.2, 0) is 14.4 Å². The molecule has 0 aromatic heterocycles. The quantitative estimate of drug-likeness (QED) is 0.308. The SMILES string of the molecule is CC(=O)C(CC1CCCCC1)NC(=O)C(CCN)NC(=S)CNC(=O)CC(C)N(C)C. The zero-order valence-electron chi connectivity index (χ0n) is 19.5. The molecule has 0 aromatic carbocycles. The molecule has 1 aliphatic rings. The fourth-order valence-electron chi connectivity index (χ4n) is 3.74. The van der Waals surface area contributed by atoms with Gasteiger partial charge in [0.25, 0.3) is 0 Å². The Morgan fingerprint density at radius 3 is 2.29 bits per heavy atom. The lowest BCUT2D eigenvalue weighted by Gasteiger charge is -2.27. The molecule has 0 radical (unpaired) electrons. The van der Waals surface area contributed by atoms with Crippen molar-refractivity contribution < 1.29 is 14.4 Å². The van der Waals surface area contributed by atoms with E-state index in [-0.39, 0.29) is 30.2 Å². The molecular weight excluding hydrogens is 414 g/mol. The van der Waals surface area contributed by atoms with Gasteiger partial charge in [0, 0.05) is 12.5 Å². The molecule has 0 aliphatic heterocycles. The van der Waals surface area contributed by atoms with Crippen molar-refractivity contribution >= 4 is 34.8 Å². The number of hydrogen-bond acceptors (Lipinski definition) is 6. The fourth-order valence-corrected chi connectivity index (χ4v) is 3.95. The van der Waals surface area contributed by atoms with Crippen LogP contribution in [-0.4, -0.2) is 72.8 Å². The van der Waals surface area contributed by atoms with Gasteiger partial charge in [0.1, 0.15) is 6.04 Å². The standard InChI is InChI=1S/C22H41N5O3S/c1-15(27(3)4)12-20(29)24-14-21(31)25-18(10-11-23)22(30)26-19(16(2)28)13-17-8-6-5-7-9-17/h15,17-19H,5-14,23H2,1-4H3,(H,24,29)(H,25,31)(H,26,30). The Hall–Kier alpha value is -1.58. The van der Waals surface area contributed by atoms with Crippen molar-refractivity contribution in [3.8, 4) is 0 Å². The maximum absolute atomic E-state index is 12.8. The third-order valence-electron chi connectivity index (χ3n) is 6.02. The second-order valence-electron chi connectivity index (χ2n) is 8.90. The summed E-state index contributed by atoms with van der Waals surface area (Å²) >= 11 is 5.32. The summed E-state index contributed by atoms with van der Waals surface area (Å²) in [6, 6.07) is -1.01. The number of ketones is 1. The van der Waals surface area contributed by atoms with E-state index in [0.717, 1.165) is 12.8 Å². The highest BCUT2D eigenvalue weighted by Gasteiger charge is 2.27. The maximum atomic E-state index is 12.8. The van der Waals surface area contributed by atoms with Gasteiger partial charge in [-0.2, -0.15) is 0 Å². The molecule has 1 fully saturated rings. The minimum Gasteiger partial charge on any atom is -0.367 e. The van der Waals surface area contributed by atoms with E-state index in [4.69, 9.17) is 18.0 Å². The van der Waals surface area contributed by atoms with Gasteiger partial charge in [0.15, 0.2) is 5.78 Å². The summed E-state index contributed by atoms with van der Waals surface area (Å²) in [6.45, 7) is 3.94. The van der Waals surface area contributed by atoms with Gasteiger partial charge in [-0.05, 0) is 53.2 Å². The van der Waals surface area contributed by atoms with Gasteiger partial charge in [-0.15, -0.1) is 0 Å². The van der Waals surface area contributed by atoms with Gasteiger partial charge in [-0.1, -0.05) is 44.3 Å². The van der Waals surface area contributed by atoms with Crippen molar-refractivity contribution in [2.75, 3.05) is 27.2 Å². The molecule has 0 saturated heterocycles. The number of rotatable bonds is 13. The van der Waals surface area contributed by atoms with E-state index in [2.05, 4.69) is 16.0 Å². The van der Waals surface area contributed by atoms with Crippen LogP contribution in [0.2, 0.25) is 0 Å². The first-order valence-corrected chi connectivity index (χ1v) is 11.8. The summed E-state index contributed by atoms with van der Waals surface area (Å²) in [6.07, 6.45) is 7.27. The van der Waals surface area contributed by atoms with Crippen LogP contribution in [0.1, 0.15) is 65.2 Å². The average Bonchev–Trinajstić information content (AvgIpc) is 2.72. The number of Topliss-reactive ketones (excluding diaryl/α,β-unsaturated/α-hetero) is 1. The van der Waals surface area contributed by atoms with E-state index in [9.17, 15) is 14.4 Å². The molecular formula is C22H41N5O3S. The number of nitrogens with zero attached hydrogens (tertiary/aromatic N) is 1. The molecule has 178 valence electrons. The Balaban J connectivity index is 2.57. The molecule has 0 spiro atoms. The van der Waals surface area contributed by atoms with Crippen LogP contribution in [0.25, 0.3) is 0 Å². The number of nitrogens with two attached hydrogens (primary N) is 1. The Morgan fingerprint density at radius 2 is 1.74 bits per heavy atom. The molecule has 31 heavy (non-hydrogen) atoms. The van der Waals surface area contributed by atoms with Gasteiger partial charge < -0.3 is 26.6 Å². The third kappa shape index (κ3) is 11.0. The second kappa shape index (κ2) is 14.5. The summed E-state index contributed by atoms with van der Waals surface area (Å²) in [4.78, 5) is 39.4. The lowest BCUT2D eigenvalue weighted by Crippen LogP contribution is -2.53. The summed E-state index contributed by atoms with van der Waals surface area (Å²) < 4.78 is 0. The minimum atomic E-state index is -0.636. The van der Waals surface area contributed by atoms with Gasteiger partial charge >= 0.3 is 0 Å². The summed E-state index contributed by atoms with van der Waals surface area (Å²) in [5.74, 6) is 0.0608. The van der Waals surface area contributed by atoms with Gasteiger partial charge in [0.05, 0.1) is 17.6 Å². The molecule has 9 heteroatoms. The summed E-state index contributed by atoms with van der Waals surface area (Å²) in [7, 11) is 3.84. The lowest BCUT2D eigenvalue weighted by molar-refractivity contribution is -0.128. The van der Waals surface area contributed by atoms with Crippen molar-refractivity contribution in [1.82, 2.24) is 20.9 Å². The Kier molecular flexibility index (Phi) is 12.8. The maximum Gasteiger partial charge on any atom is 0.243 e. The Labute approximate surface area is 192 Å². The third-order valence-corrected chi connectivity index (χ3v) is 6.28. The van der Waals surface area contributed by atoms with Crippen molar-refractivity contribution in [3.05, 3.63) is 0 Å². The molecule has 1 aliphatic carbocycles. The molecule has 3 unspecified atom stereocenters. The molecule has 5 N–H and O–H groups in total. The molecule has 0 heterocycles. The summed E-state index contributed by atoms with van der Waals surface area (Å²) in [5, 5.41) is 8.68. The minimum absolute atomic E-state index is 0.0322. The van der Waals surface area contributed by atoms with Crippen LogP contribution in [0.15, 0.2) is 0 Å². The largest absolute Gasteiger partial charge is 0.367 e. The van der Waals surface area contributed by atoms with Crippen molar-refractivity contribution in [3.63, 3.8) is 0 Å². The number of carbonyl (C=O) groups excluding carboxylic acids is 3. The highest BCUT2D eigenvalue weighted by Crippen LogP contribution is 2.27. The number of thiocarbonyl (C=S) groups is 1. The zero-order valence-corrected chi connectivity index (χ0v) is 20.4. The predicted molar refractivity (Wildman–Crippen MR) is 128 cm³/mol. The monoisotopic (exact) mass is 455 g/mol. The molecule has 1 saturated carbocycles. The molecule has 8 nitrogen and oxygen atoms in total. The van der Waals surface area contributed by atoms with Crippen molar-refractivity contribution in [2.24, 2.45) is 11.7 Å². The van der Waals surface area contributed by atoms with Crippen LogP contribution in [0.3, 0.4) is 0 Å². The Morgan fingerprint density at radius 1 is 1.10 bits per heavy atom. The number of amides is 2. The van der Waals surface area contributed by atoms with Crippen molar-refractivity contribution in [2.45, 2.75) is 83.3 Å². The van der Waals surface area contributed by atoms with Gasteiger partial charge in [-0.3, -0.25) is 14.4 Å². The van der Waals surface area contributed by atoms with Crippen LogP contribution in [0, 0.1) is 5.92 Å². The highest BCUT2D eigenvalue weighted by atomic mass is 32.1. The van der Waals surface area contributed by atoms with E-state index < -0.39 is 12.1 Å². The van der Waals surface area contributed by atoms with Crippen LogP contribution in [0.4, 0.5) is 0 Å². The second-order valence-corrected chi connectivity index (χ2v) is 9.40. The van der Waals surface area contributed by atoms with Crippen LogP contribution in [0.5, 0.6) is 0 Å². The average molecular weight is 456 g/mol. The fraction of sp³-hybridized carbons (Fsp3) is 0.818. The van der Waals surface area contributed by atoms with Gasteiger partial charge in [-0.25, -0.2) is 0 Å².